The highest BCUT2D eigenvalue weighted by Gasteiger charge is 2.14. The standard InChI is InChI=1S/C17H18BrCl2NO2/c1-10(2)23-17-11(6-12(18)7-16(17)22-3)9-21-15-8-13(19)4-5-14(15)20/h4-8,10,21H,9H2,1-3H3. The molecule has 6 heteroatoms. The lowest BCUT2D eigenvalue weighted by molar-refractivity contribution is 0.228. The number of hydrogen-bond acceptors (Lipinski definition) is 3. The molecule has 0 aromatic heterocycles. The number of anilines is 1. The van der Waals surface area contributed by atoms with Crippen LogP contribution in [-0.4, -0.2) is 13.2 Å². The molecule has 0 radical (unpaired) electrons. The third-order valence-electron chi connectivity index (χ3n) is 3.07. The molecule has 0 unspecified atom stereocenters. The van der Waals surface area contributed by atoms with E-state index in [2.05, 4.69) is 21.2 Å². The summed E-state index contributed by atoms with van der Waals surface area (Å²) in [6.45, 7) is 4.48. The van der Waals surface area contributed by atoms with E-state index < -0.39 is 0 Å². The molecule has 23 heavy (non-hydrogen) atoms. The highest BCUT2D eigenvalue weighted by Crippen LogP contribution is 2.36. The molecular formula is C17H18BrCl2NO2. The third kappa shape index (κ3) is 4.93. The first kappa shape index (κ1) is 18.2. The summed E-state index contributed by atoms with van der Waals surface area (Å²) in [6, 6.07) is 9.19. The van der Waals surface area contributed by atoms with E-state index in [-0.39, 0.29) is 6.10 Å². The highest BCUT2D eigenvalue weighted by atomic mass is 79.9. The molecule has 2 rings (SSSR count). The van der Waals surface area contributed by atoms with Crippen LogP contribution in [0.4, 0.5) is 5.69 Å². The van der Waals surface area contributed by atoms with E-state index in [9.17, 15) is 0 Å². The summed E-state index contributed by atoms with van der Waals surface area (Å²) in [6.07, 6.45) is 0.0404. The Morgan fingerprint density at radius 3 is 2.57 bits per heavy atom. The molecule has 0 aliphatic rings. The molecular weight excluding hydrogens is 401 g/mol. The van der Waals surface area contributed by atoms with Crippen molar-refractivity contribution in [1.82, 2.24) is 0 Å². The molecule has 1 N–H and O–H groups in total. The number of halogens is 3. The van der Waals surface area contributed by atoms with Gasteiger partial charge in [0.2, 0.25) is 0 Å². The van der Waals surface area contributed by atoms with Crippen LogP contribution in [0.5, 0.6) is 11.5 Å². The van der Waals surface area contributed by atoms with E-state index in [1.54, 1.807) is 25.3 Å². The van der Waals surface area contributed by atoms with Gasteiger partial charge in [0.25, 0.3) is 0 Å². The van der Waals surface area contributed by atoms with Gasteiger partial charge in [-0.2, -0.15) is 0 Å². The highest BCUT2D eigenvalue weighted by molar-refractivity contribution is 9.10. The normalized spacial score (nSPS) is 10.7. The summed E-state index contributed by atoms with van der Waals surface area (Å²) in [7, 11) is 1.63. The number of benzene rings is 2. The molecule has 0 saturated heterocycles. The van der Waals surface area contributed by atoms with Crippen molar-refractivity contribution in [2.75, 3.05) is 12.4 Å². The Labute approximate surface area is 155 Å². The molecule has 0 atom stereocenters. The average Bonchev–Trinajstić information content (AvgIpc) is 2.49. The fraction of sp³-hybridized carbons (Fsp3) is 0.294. The van der Waals surface area contributed by atoms with Gasteiger partial charge in [-0.3, -0.25) is 0 Å². The van der Waals surface area contributed by atoms with Crippen molar-refractivity contribution in [3.8, 4) is 11.5 Å². The van der Waals surface area contributed by atoms with Gasteiger partial charge in [-0.1, -0.05) is 39.1 Å². The maximum absolute atomic E-state index is 6.19. The third-order valence-corrected chi connectivity index (χ3v) is 4.09. The van der Waals surface area contributed by atoms with Gasteiger partial charge in [-0.25, -0.2) is 0 Å². The van der Waals surface area contributed by atoms with Crippen molar-refractivity contribution >= 4 is 44.8 Å². The van der Waals surface area contributed by atoms with Crippen LogP contribution in [0, 0.1) is 0 Å². The van der Waals surface area contributed by atoms with Gasteiger partial charge in [0, 0.05) is 21.6 Å². The molecule has 0 saturated carbocycles. The molecule has 2 aromatic rings. The average molecular weight is 419 g/mol. The van der Waals surface area contributed by atoms with Crippen molar-refractivity contribution < 1.29 is 9.47 Å². The molecule has 0 aliphatic carbocycles. The monoisotopic (exact) mass is 417 g/mol. The van der Waals surface area contributed by atoms with E-state index in [0.717, 1.165) is 21.5 Å². The van der Waals surface area contributed by atoms with Gasteiger partial charge in [-0.15, -0.1) is 0 Å². The predicted molar refractivity (Wildman–Crippen MR) is 100 cm³/mol. The van der Waals surface area contributed by atoms with E-state index in [0.29, 0.717) is 22.3 Å². The smallest absolute Gasteiger partial charge is 0.166 e. The molecule has 0 heterocycles. The lowest BCUT2D eigenvalue weighted by Gasteiger charge is -2.19. The number of nitrogens with one attached hydrogen (secondary N) is 1. The quantitative estimate of drug-likeness (QED) is 0.608. The zero-order valence-electron chi connectivity index (χ0n) is 13.1. The Balaban J connectivity index is 2.30. The van der Waals surface area contributed by atoms with E-state index in [1.165, 1.54) is 0 Å². The SMILES string of the molecule is COc1cc(Br)cc(CNc2cc(Cl)ccc2Cl)c1OC(C)C. The molecule has 124 valence electrons. The second kappa shape index (κ2) is 8.13. The minimum Gasteiger partial charge on any atom is -0.493 e. The fourth-order valence-corrected chi connectivity index (χ4v) is 2.94. The Morgan fingerprint density at radius 1 is 1.17 bits per heavy atom. The summed E-state index contributed by atoms with van der Waals surface area (Å²) in [5, 5.41) is 4.53. The molecule has 0 fully saturated rings. The van der Waals surface area contributed by atoms with Gasteiger partial charge < -0.3 is 14.8 Å². The molecule has 0 bridgehead atoms. The van der Waals surface area contributed by atoms with Crippen LogP contribution in [0.15, 0.2) is 34.8 Å². The van der Waals surface area contributed by atoms with E-state index in [1.807, 2.05) is 26.0 Å². The first-order valence-corrected chi connectivity index (χ1v) is 8.67. The van der Waals surface area contributed by atoms with E-state index >= 15 is 0 Å². The second-order valence-electron chi connectivity index (χ2n) is 5.24. The van der Waals surface area contributed by atoms with Crippen LogP contribution < -0.4 is 14.8 Å². The summed E-state index contributed by atoms with van der Waals surface area (Å²) >= 11 is 15.7. The summed E-state index contributed by atoms with van der Waals surface area (Å²) in [5.41, 5.74) is 1.73. The molecule has 0 aliphatic heterocycles. The van der Waals surface area contributed by atoms with Gasteiger partial charge in [0.15, 0.2) is 11.5 Å². The fourth-order valence-electron chi connectivity index (χ4n) is 2.10. The van der Waals surface area contributed by atoms with Crippen molar-refractivity contribution in [1.29, 1.82) is 0 Å². The molecule has 3 nitrogen and oxygen atoms in total. The summed E-state index contributed by atoms with van der Waals surface area (Å²) < 4.78 is 12.3. The Bertz CT molecular complexity index is 693. The number of ether oxygens (including phenoxy) is 2. The molecule has 0 spiro atoms. The van der Waals surface area contributed by atoms with Crippen LogP contribution in [0.1, 0.15) is 19.4 Å². The van der Waals surface area contributed by atoms with Gasteiger partial charge in [0.1, 0.15) is 0 Å². The molecule has 2 aromatic carbocycles. The number of rotatable bonds is 6. The Morgan fingerprint density at radius 2 is 1.91 bits per heavy atom. The van der Waals surface area contributed by atoms with E-state index in [4.69, 9.17) is 32.7 Å². The number of hydrogen-bond donors (Lipinski definition) is 1. The topological polar surface area (TPSA) is 30.5 Å². The van der Waals surface area contributed by atoms with Crippen molar-refractivity contribution in [3.05, 3.63) is 50.4 Å². The molecule has 0 amide bonds. The largest absolute Gasteiger partial charge is 0.493 e. The maximum atomic E-state index is 6.19. The zero-order valence-corrected chi connectivity index (χ0v) is 16.2. The van der Waals surface area contributed by atoms with Crippen molar-refractivity contribution in [2.45, 2.75) is 26.5 Å². The Hall–Kier alpha value is -1.10. The minimum atomic E-state index is 0.0404. The van der Waals surface area contributed by atoms with Crippen LogP contribution in [0.3, 0.4) is 0 Å². The van der Waals surface area contributed by atoms with Gasteiger partial charge >= 0.3 is 0 Å². The van der Waals surface area contributed by atoms with Crippen LogP contribution in [-0.2, 0) is 6.54 Å². The summed E-state index contributed by atoms with van der Waals surface area (Å²) in [5.74, 6) is 1.40. The van der Waals surface area contributed by atoms with Gasteiger partial charge in [-0.05, 0) is 44.2 Å². The lowest BCUT2D eigenvalue weighted by atomic mass is 10.1. The summed E-state index contributed by atoms with van der Waals surface area (Å²) in [4.78, 5) is 0. The second-order valence-corrected chi connectivity index (χ2v) is 7.00. The zero-order chi connectivity index (χ0) is 17.0. The lowest BCUT2D eigenvalue weighted by Crippen LogP contribution is -2.11. The Kier molecular flexibility index (Phi) is 6.45. The van der Waals surface area contributed by atoms with Crippen LogP contribution in [0.25, 0.3) is 0 Å². The van der Waals surface area contributed by atoms with Gasteiger partial charge in [0.05, 0.1) is 23.9 Å². The predicted octanol–water partition coefficient (Wildman–Crippen LogP) is 6.16. The number of methoxy groups -OCH3 is 1. The van der Waals surface area contributed by atoms with Crippen LogP contribution in [0.2, 0.25) is 10.0 Å². The van der Waals surface area contributed by atoms with Crippen molar-refractivity contribution in [2.24, 2.45) is 0 Å². The minimum absolute atomic E-state index is 0.0404. The maximum Gasteiger partial charge on any atom is 0.166 e. The van der Waals surface area contributed by atoms with Crippen molar-refractivity contribution in [3.63, 3.8) is 0 Å². The first-order chi connectivity index (χ1) is 10.9. The first-order valence-electron chi connectivity index (χ1n) is 7.12. The van der Waals surface area contributed by atoms with Crippen LogP contribution >= 0.6 is 39.1 Å².